The van der Waals surface area contributed by atoms with E-state index in [1.807, 2.05) is 93.0 Å². The maximum absolute atomic E-state index is 13.6. The molecule has 14 nitrogen and oxygen atoms in total. The quantitative estimate of drug-likeness (QED) is 0.0506. The zero-order chi connectivity index (χ0) is 43.4. The second kappa shape index (κ2) is 21.9. The summed E-state index contributed by atoms with van der Waals surface area (Å²) in [5, 5.41) is 9.47. The lowest BCUT2D eigenvalue weighted by atomic mass is 9.80. The topological polar surface area (TPSA) is 150 Å². The van der Waals surface area contributed by atoms with Gasteiger partial charge in [-0.05, 0) is 103 Å². The summed E-state index contributed by atoms with van der Waals surface area (Å²) >= 11 is 0. The molecule has 5 rings (SSSR count). The van der Waals surface area contributed by atoms with E-state index in [0.29, 0.717) is 30.1 Å². The molecule has 1 unspecified atom stereocenters. The normalized spacial score (nSPS) is 18.7. The number of nitriles is 1. The molecule has 1 fully saturated rings. The van der Waals surface area contributed by atoms with Crippen LogP contribution in [0.3, 0.4) is 0 Å². The van der Waals surface area contributed by atoms with Gasteiger partial charge in [-0.2, -0.15) is 5.26 Å². The van der Waals surface area contributed by atoms with Crippen molar-refractivity contribution in [1.82, 2.24) is 19.1 Å². The van der Waals surface area contributed by atoms with Crippen molar-refractivity contribution in [2.24, 2.45) is 0 Å². The van der Waals surface area contributed by atoms with Crippen LogP contribution in [0.5, 0.6) is 11.5 Å². The highest BCUT2D eigenvalue weighted by atomic mass is 31.2. The predicted molar refractivity (Wildman–Crippen MR) is 231 cm³/mol. The molecule has 0 spiro atoms. The van der Waals surface area contributed by atoms with Crippen molar-refractivity contribution in [3.8, 4) is 17.6 Å². The molecule has 0 aliphatic carbocycles. The molecule has 1 aliphatic rings. The van der Waals surface area contributed by atoms with E-state index in [9.17, 15) is 14.9 Å². The molecule has 4 aromatic rings. The molecule has 60 heavy (non-hydrogen) atoms. The maximum Gasteiger partial charge on any atom is 0.330 e. The van der Waals surface area contributed by atoms with Crippen LogP contribution in [-0.4, -0.2) is 104 Å². The molecule has 5 atom stereocenters. The van der Waals surface area contributed by atoms with Gasteiger partial charge in [-0.25, -0.2) is 9.46 Å². The van der Waals surface area contributed by atoms with E-state index in [1.54, 1.807) is 21.1 Å². The van der Waals surface area contributed by atoms with Crippen molar-refractivity contribution in [2.45, 2.75) is 89.7 Å². The second-order valence-corrected chi connectivity index (χ2v) is 16.9. The van der Waals surface area contributed by atoms with Crippen LogP contribution >= 0.6 is 8.53 Å². The molecule has 3 aromatic carbocycles. The van der Waals surface area contributed by atoms with E-state index in [2.05, 4.69) is 48.3 Å². The van der Waals surface area contributed by atoms with Crippen LogP contribution in [0.25, 0.3) is 0 Å². The summed E-state index contributed by atoms with van der Waals surface area (Å²) in [4.78, 5) is 30.8. The highest BCUT2D eigenvalue weighted by Crippen LogP contribution is 2.51. The molecular formula is C45H60N5O9P. The SMILES string of the molecule is COc1ccc(C(OC[C@H]2O[C@@H](n3cc(C)c(=O)[nH]c3=O)[C@H](OCCCN(C)C)[C@@H]2OP(OCCC#N)N(C(C)C)C(C)C)(c2ccccc2)c2ccc(OC)cc2)cc1. The standard InChI is InChI=1S/C45H60N5O9P/c1-31(2)50(32(3)4)60(57-28-13-25-46)59-40-39(58-43(41(40)55-27-14-26-48(6)7)49-29-33(5)42(51)47-44(49)52)30-56-45(34-15-11-10-12-16-34,35-17-21-37(53-8)22-18-35)36-19-23-38(54-9)24-20-36/h10-12,15-24,29,31-32,39-41,43H,13-14,26-28,30H2,1-9H3,(H,47,51,52)/t39-,40-,41-,43-,60?/m1/s1. The average molecular weight is 846 g/mol. The Balaban J connectivity index is 1.69. The molecule has 0 amide bonds. The highest BCUT2D eigenvalue weighted by molar-refractivity contribution is 7.44. The third-order valence-electron chi connectivity index (χ3n) is 10.3. The van der Waals surface area contributed by atoms with E-state index in [-0.39, 0.29) is 31.7 Å². The number of rotatable bonds is 22. The summed E-state index contributed by atoms with van der Waals surface area (Å²) in [7, 11) is 5.42. The molecule has 1 N–H and O–H groups in total. The lowest BCUT2D eigenvalue weighted by molar-refractivity contribution is -0.0978. The lowest BCUT2D eigenvalue weighted by Crippen LogP contribution is -2.44. The number of hydrogen-bond donors (Lipinski definition) is 1. The molecule has 0 radical (unpaired) electrons. The number of nitrogens with one attached hydrogen (secondary N) is 1. The van der Waals surface area contributed by atoms with E-state index in [1.165, 1.54) is 10.8 Å². The number of methoxy groups -OCH3 is 2. The molecule has 0 saturated carbocycles. The third kappa shape index (κ3) is 11.1. The van der Waals surface area contributed by atoms with Gasteiger partial charge in [0.05, 0.1) is 39.9 Å². The molecule has 15 heteroatoms. The number of benzene rings is 3. The summed E-state index contributed by atoms with van der Waals surface area (Å²) < 4.78 is 49.2. The van der Waals surface area contributed by atoms with Crippen molar-refractivity contribution >= 4 is 8.53 Å². The van der Waals surface area contributed by atoms with Gasteiger partial charge in [-0.3, -0.25) is 14.3 Å². The Labute approximate surface area is 354 Å². The van der Waals surface area contributed by atoms with E-state index in [0.717, 1.165) is 23.2 Å². The first-order valence-electron chi connectivity index (χ1n) is 20.3. The zero-order valence-corrected chi connectivity index (χ0v) is 37.1. The minimum Gasteiger partial charge on any atom is -0.497 e. The van der Waals surface area contributed by atoms with Gasteiger partial charge < -0.3 is 37.6 Å². The minimum atomic E-state index is -1.81. The Morgan fingerprint density at radius 2 is 1.45 bits per heavy atom. The number of aryl methyl sites for hydroxylation is 1. The molecule has 324 valence electrons. The highest BCUT2D eigenvalue weighted by Gasteiger charge is 2.51. The molecule has 0 bridgehead atoms. The first kappa shape index (κ1) is 46.6. The fourth-order valence-corrected chi connectivity index (χ4v) is 9.19. The number of aromatic nitrogens is 2. The average Bonchev–Trinajstić information content (AvgIpc) is 3.57. The summed E-state index contributed by atoms with van der Waals surface area (Å²) in [5.41, 5.74) is 0.491. The van der Waals surface area contributed by atoms with Gasteiger partial charge in [0.2, 0.25) is 0 Å². The number of ether oxygens (including phenoxy) is 5. The predicted octanol–water partition coefficient (Wildman–Crippen LogP) is 6.77. The van der Waals surface area contributed by atoms with Crippen molar-refractivity contribution in [1.29, 1.82) is 5.26 Å². The molecule has 1 aromatic heterocycles. The number of aromatic amines is 1. The summed E-state index contributed by atoms with van der Waals surface area (Å²) in [6.45, 7) is 11.1. The zero-order valence-electron chi connectivity index (χ0n) is 36.2. The van der Waals surface area contributed by atoms with Crippen LogP contribution in [0.4, 0.5) is 0 Å². The Bertz CT molecular complexity index is 2030. The second-order valence-electron chi connectivity index (χ2n) is 15.5. The molecular weight excluding hydrogens is 785 g/mol. The van der Waals surface area contributed by atoms with Gasteiger partial charge >= 0.3 is 5.69 Å². The van der Waals surface area contributed by atoms with E-state index >= 15 is 0 Å². The minimum absolute atomic E-state index is 0.00539. The van der Waals surface area contributed by atoms with Gasteiger partial charge in [-0.1, -0.05) is 54.6 Å². The van der Waals surface area contributed by atoms with Crippen LogP contribution in [0, 0.1) is 18.3 Å². The van der Waals surface area contributed by atoms with Crippen LogP contribution in [0.1, 0.15) is 69.0 Å². The molecule has 2 heterocycles. The number of hydrogen-bond acceptors (Lipinski definition) is 12. The fourth-order valence-electron chi connectivity index (χ4n) is 7.43. The van der Waals surface area contributed by atoms with E-state index in [4.69, 9.17) is 32.7 Å². The van der Waals surface area contributed by atoms with E-state index < -0.39 is 49.9 Å². The number of H-pyrrole nitrogens is 1. The van der Waals surface area contributed by atoms with Gasteiger partial charge in [0.25, 0.3) is 14.1 Å². The van der Waals surface area contributed by atoms with Crippen molar-refractivity contribution in [3.63, 3.8) is 0 Å². The summed E-state index contributed by atoms with van der Waals surface area (Å²) in [6, 6.07) is 27.6. The monoisotopic (exact) mass is 845 g/mol. The van der Waals surface area contributed by atoms with Crippen molar-refractivity contribution < 1.29 is 32.7 Å². The van der Waals surface area contributed by atoms with Gasteiger partial charge in [-0.15, -0.1) is 0 Å². The summed E-state index contributed by atoms with van der Waals surface area (Å²) in [5.74, 6) is 1.37. The lowest BCUT2D eigenvalue weighted by Gasteiger charge is -2.39. The third-order valence-corrected chi connectivity index (χ3v) is 12.4. The van der Waals surface area contributed by atoms with Gasteiger partial charge in [0.1, 0.15) is 35.4 Å². The van der Waals surface area contributed by atoms with Crippen LogP contribution in [0.2, 0.25) is 0 Å². The smallest absolute Gasteiger partial charge is 0.330 e. The van der Waals surface area contributed by atoms with Gasteiger partial charge in [0, 0.05) is 30.5 Å². The Morgan fingerprint density at radius 3 is 1.98 bits per heavy atom. The van der Waals surface area contributed by atoms with Crippen molar-refractivity contribution in [2.75, 3.05) is 54.7 Å². The first-order chi connectivity index (χ1) is 28.8. The van der Waals surface area contributed by atoms with Crippen molar-refractivity contribution in [3.05, 3.63) is 128 Å². The van der Waals surface area contributed by atoms with Crippen LogP contribution in [0.15, 0.2) is 94.6 Å². The largest absolute Gasteiger partial charge is 0.497 e. The molecule has 1 saturated heterocycles. The van der Waals surface area contributed by atoms with Crippen LogP contribution in [-0.2, 0) is 28.9 Å². The van der Waals surface area contributed by atoms with Crippen LogP contribution < -0.4 is 20.7 Å². The Hall–Kier alpha value is -4.42. The first-order valence-corrected chi connectivity index (χ1v) is 21.4. The molecule has 1 aliphatic heterocycles. The summed E-state index contributed by atoms with van der Waals surface area (Å²) in [6.07, 6.45) is -1.24. The fraction of sp³-hybridized carbons (Fsp3) is 0.489. The maximum atomic E-state index is 13.6. The van der Waals surface area contributed by atoms with Gasteiger partial charge in [0.15, 0.2) is 6.23 Å². The Kier molecular flexibility index (Phi) is 17.0. The number of nitrogens with zero attached hydrogens (tertiary/aromatic N) is 4. The Morgan fingerprint density at radius 1 is 0.867 bits per heavy atom.